The lowest BCUT2D eigenvalue weighted by molar-refractivity contribution is 0.282. The van der Waals surface area contributed by atoms with Crippen LogP contribution in [0.4, 0.5) is 17.1 Å². The van der Waals surface area contributed by atoms with Crippen LogP contribution in [0.2, 0.25) is 0 Å². The number of hydrogen-bond acceptors (Lipinski definition) is 3. The molecule has 0 radical (unpaired) electrons. The van der Waals surface area contributed by atoms with Gasteiger partial charge in [0.05, 0.1) is 18.0 Å². The molecule has 64 heavy (non-hydrogen) atoms. The van der Waals surface area contributed by atoms with Crippen molar-refractivity contribution >= 4 is 56.7 Å². The molecule has 3 heteroatoms. The zero-order valence-electron chi connectivity index (χ0n) is 36.5. The lowest BCUT2D eigenvalue weighted by Gasteiger charge is -2.27. The average Bonchev–Trinajstić information content (AvgIpc) is 3.34. The Balaban J connectivity index is 1.16. The summed E-state index contributed by atoms with van der Waals surface area (Å²) in [6, 6.07) is 75.1. The van der Waals surface area contributed by atoms with Crippen molar-refractivity contribution in [3.63, 3.8) is 0 Å². The molecule has 1 aromatic heterocycles. The normalized spacial score (nSPS) is 11.1. The molecular formula is C61H50N2O. The van der Waals surface area contributed by atoms with Gasteiger partial charge in [-0.15, -0.1) is 0 Å². The van der Waals surface area contributed by atoms with Gasteiger partial charge in [0.1, 0.15) is 0 Å². The van der Waals surface area contributed by atoms with Gasteiger partial charge in [0, 0.05) is 28.0 Å². The Labute approximate surface area is 377 Å². The van der Waals surface area contributed by atoms with E-state index >= 15 is 0 Å². The molecule has 0 aliphatic heterocycles. The highest BCUT2D eigenvalue weighted by Gasteiger charge is 2.18. The van der Waals surface area contributed by atoms with Gasteiger partial charge in [0.25, 0.3) is 0 Å². The molecule has 0 amide bonds. The third-order valence-corrected chi connectivity index (χ3v) is 11.7. The topological polar surface area (TPSA) is 36.4 Å². The van der Waals surface area contributed by atoms with E-state index in [0.29, 0.717) is 0 Å². The summed E-state index contributed by atoms with van der Waals surface area (Å²) in [6.07, 6.45) is 6.75. The molecule has 0 saturated heterocycles. The third-order valence-electron chi connectivity index (χ3n) is 11.7. The number of aliphatic hydroxyl groups excluding tert-OH is 1. The zero-order chi connectivity index (χ0) is 43.8. The minimum absolute atomic E-state index is 0.0136. The molecule has 0 atom stereocenters. The summed E-state index contributed by atoms with van der Waals surface area (Å²) < 4.78 is 0. The Morgan fingerprint density at radius 1 is 0.500 bits per heavy atom. The fourth-order valence-electron chi connectivity index (χ4n) is 8.36. The first kappa shape index (κ1) is 41.5. The number of hydrogen-bond donors (Lipinski definition) is 1. The highest BCUT2D eigenvalue weighted by molar-refractivity contribution is 6.06. The quantitative estimate of drug-likeness (QED) is 0.0985. The lowest BCUT2D eigenvalue weighted by Crippen LogP contribution is -2.10. The van der Waals surface area contributed by atoms with E-state index in [1.165, 1.54) is 27.8 Å². The van der Waals surface area contributed by atoms with Crippen LogP contribution < -0.4 is 4.90 Å². The molecule has 0 saturated carbocycles. The van der Waals surface area contributed by atoms with Gasteiger partial charge in [0.15, 0.2) is 0 Å². The molecule has 9 aromatic rings. The van der Waals surface area contributed by atoms with E-state index in [2.05, 4.69) is 231 Å². The standard InChI is InChI=1S/C61H50N2O/c1-43-21-29-49(30-22-43)58(50-31-23-44(2)24-32-50)41-46-25-35-53(36-26-46)63(54-37-27-47(42-64)28-38-54)60-40-34-48(55-18-10-11-19-56(55)60)33-39-57(59-20-12-13-45(3)62-59)61(51-14-6-4-7-15-51)52-16-8-5-9-17-52/h4-41,64H,42H2,1-3H3/b39-33+. The van der Waals surface area contributed by atoms with Gasteiger partial charge in [-0.2, -0.15) is 0 Å². The van der Waals surface area contributed by atoms with E-state index in [0.717, 1.165) is 78.2 Å². The number of allylic oxidation sites excluding steroid dienone is 2. The minimum Gasteiger partial charge on any atom is -0.392 e. The van der Waals surface area contributed by atoms with Crippen LogP contribution >= 0.6 is 0 Å². The van der Waals surface area contributed by atoms with Gasteiger partial charge in [-0.25, -0.2) is 0 Å². The minimum atomic E-state index is -0.0136. The fraction of sp³-hybridized carbons (Fsp3) is 0.0656. The van der Waals surface area contributed by atoms with Gasteiger partial charge >= 0.3 is 0 Å². The first-order chi connectivity index (χ1) is 31.4. The Morgan fingerprint density at radius 2 is 1.05 bits per heavy atom. The van der Waals surface area contributed by atoms with Crippen molar-refractivity contribution in [2.24, 2.45) is 0 Å². The number of aliphatic hydroxyl groups is 1. The second-order valence-electron chi connectivity index (χ2n) is 16.3. The number of aromatic nitrogens is 1. The summed E-state index contributed by atoms with van der Waals surface area (Å²) >= 11 is 0. The SMILES string of the molecule is Cc1ccc(C(=Cc2ccc(N(c3ccc(CO)cc3)c3ccc(/C=C/C(=C(c4ccccc4)c4ccccc4)c4cccc(C)n4)c4ccccc34)cc2)c2ccc(C)cc2)cc1. The number of pyridine rings is 1. The van der Waals surface area contributed by atoms with E-state index < -0.39 is 0 Å². The maximum atomic E-state index is 9.97. The number of aryl methyl sites for hydroxylation is 3. The summed E-state index contributed by atoms with van der Waals surface area (Å²) in [5.74, 6) is 0. The zero-order valence-corrected chi connectivity index (χ0v) is 36.5. The number of fused-ring (bicyclic) bond motifs is 1. The van der Waals surface area contributed by atoms with Crippen molar-refractivity contribution < 1.29 is 5.11 Å². The molecule has 0 bridgehead atoms. The molecule has 0 aliphatic rings. The maximum Gasteiger partial charge on any atom is 0.0711 e. The van der Waals surface area contributed by atoms with Crippen molar-refractivity contribution in [3.05, 3.63) is 280 Å². The second-order valence-corrected chi connectivity index (χ2v) is 16.3. The van der Waals surface area contributed by atoms with E-state index in [-0.39, 0.29) is 6.61 Å². The predicted molar refractivity (Wildman–Crippen MR) is 271 cm³/mol. The van der Waals surface area contributed by atoms with E-state index in [4.69, 9.17) is 4.98 Å². The van der Waals surface area contributed by atoms with Crippen molar-refractivity contribution in [2.45, 2.75) is 27.4 Å². The van der Waals surface area contributed by atoms with Crippen molar-refractivity contribution in [1.29, 1.82) is 0 Å². The van der Waals surface area contributed by atoms with Gasteiger partial charge in [-0.1, -0.05) is 193 Å². The molecule has 310 valence electrons. The summed E-state index contributed by atoms with van der Waals surface area (Å²) in [6.45, 7) is 6.28. The molecular weight excluding hydrogens is 777 g/mol. The highest BCUT2D eigenvalue weighted by Crippen LogP contribution is 2.41. The fourth-order valence-corrected chi connectivity index (χ4v) is 8.36. The number of benzene rings is 8. The summed E-state index contributed by atoms with van der Waals surface area (Å²) in [7, 11) is 0. The number of anilines is 3. The van der Waals surface area contributed by atoms with Crippen LogP contribution in [0.3, 0.4) is 0 Å². The smallest absolute Gasteiger partial charge is 0.0711 e. The van der Waals surface area contributed by atoms with Crippen LogP contribution in [0.1, 0.15) is 61.5 Å². The molecule has 0 aliphatic carbocycles. The van der Waals surface area contributed by atoms with E-state index in [1.54, 1.807) is 0 Å². The Kier molecular flexibility index (Phi) is 12.3. The molecule has 8 aromatic carbocycles. The number of rotatable bonds is 12. The lowest BCUT2D eigenvalue weighted by atomic mass is 9.90. The molecule has 9 rings (SSSR count). The van der Waals surface area contributed by atoms with Crippen LogP contribution in [0.5, 0.6) is 0 Å². The predicted octanol–water partition coefficient (Wildman–Crippen LogP) is 15.4. The first-order valence-corrected chi connectivity index (χ1v) is 21.9. The Morgan fingerprint density at radius 3 is 1.61 bits per heavy atom. The van der Waals surface area contributed by atoms with Crippen molar-refractivity contribution in [2.75, 3.05) is 4.90 Å². The largest absolute Gasteiger partial charge is 0.392 e. The summed E-state index contributed by atoms with van der Waals surface area (Å²) in [5.41, 5.74) is 18.5. The van der Waals surface area contributed by atoms with Gasteiger partial charge in [-0.05, 0) is 125 Å². The highest BCUT2D eigenvalue weighted by atomic mass is 16.3. The molecule has 1 N–H and O–H groups in total. The average molecular weight is 827 g/mol. The van der Waals surface area contributed by atoms with E-state index in [9.17, 15) is 5.11 Å². The van der Waals surface area contributed by atoms with Gasteiger partial charge in [0.2, 0.25) is 0 Å². The Bertz CT molecular complexity index is 3020. The van der Waals surface area contributed by atoms with Crippen LogP contribution in [0, 0.1) is 20.8 Å². The van der Waals surface area contributed by atoms with Crippen LogP contribution in [0.15, 0.2) is 218 Å². The number of nitrogens with zero attached hydrogens (tertiary/aromatic N) is 2. The molecule has 3 nitrogen and oxygen atoms in total. The van der Waals surface area contributed by atoms with Gasteiger partial charge in [-0.3, -0.25) is 4.98 Å². The van der Waals surface area contributed by atoms with Crippen LogP contribution in [0.25, 0.3) is 39.6 Å². The van der Waals surface area contributed by atoms with Crippen LogP contribution in [-0.2, 0) is 6.61 Å². The van der Waals surface area contributed by atoms with Gasteiger partial charge < -0.3 is 10.0 Å². The van der Waals surface area contributed by atoms with Crippen LogP contribution in [-0.4, -0.2) is 10.1 Å². The van der Waals surface area contributed by atoms with Crippen molar-refractivity contribution in [1.82, 2.24) is 4.98 Å². The second kappa shape index (κ2) is 19.0. The van der Waals surface area contributed by atoms with Crippen molar-refractivity contribution in [3.8, 4) is 0 Å². The molecule has 0 spiro atoms. The third kappa shape index (κ3) is 9.17. The monoisotopic (exact) mass is 826 g/mol. The van der Waals surface area contributed by atoms with E-state index in [1.807, 2.05) is 25.1 Å². The summed E-state index contributed by atoms with van der Waals surface area (Å²) in [5, 5.41) is 12.2. The Hall–Kier alpha value is -7.85. The summed E-state index contributed by atoms with van der Waals surface area (Å²) in [4.78, 5) is 7.38. The molecule has 0 fully saturated rings. The molecule has 1 heterocycles. The molecule has 0 unspecified atom stereocenters. The maximum absolute atomic E-state index is 9.97. The first-order valence-electron chi connectivity index (χ1n) is 21.9.